The van der Waals surface area contributed by atoms with Crippen LogP contribution in [0.15, 0.2) is 24.5 Å². The summed E-state index contributed by atoms with van der Waals surface area (Å²) in [4.78, 5) is 16.4. The van der Waals surface area contributed by atoms with Crippen molar-refractivity contribution in [2.24, 2.45) is 0 Å². The predicted octanol–water partition coefficient (Wildman–Crippen LogP) is 1.55. The van der Waals surface area contributed by atoms with E-state index in [0.717, 1.165) is 5.56 Å². The summed E-state index contributed by atoms with van der Waals surface area (Å²) in [5.41, 5.74) is 1.15. The van der Waals surface area contributed by atoms with E-state index in [1.807, 2.05) is 24.1 Å². The van der Waals surface area contributed by atoms with Crippen LogP contribution >= 0.6 is 0 Å². The van der Waals surface area contributed by atoms with Crippen molar-refractivity contribution < 1.29 is 9.90 Å². The van der Waals surface area contributed by atoms with Gasteiger partial charge in [0, 0.05) is 25.0 Å². The van der Waals surface area contributed by atoms with Gasteiger partial charge in [0.15, 0.2) is 0 Å². The first kappa shape index (κ1) is 11.7. The minimum atomic E-state index is -0.760. The highest BCUT2D eigenvalue weighted by molar-refractivity contribution is 5.66. The molecular weight excluding hydrogens is 192 g/mol. The highest BCUT2D eigenvalue weighted by Gasteiger charge is 2.11. The highest BCUT2D eigenvalue weighted by Crippen LogP contribution is 2.17. The van der Waals surface area contributed by atoms with E-state index in [-0.39, 0.29) is 12.5 Å². The molecule has 1 aromatic heterocycles. The lowest BCUT2D eigenvalue weighted by atomic mass is 10.1. The number of nitrogens with zero attached hydrogens (tertiary/aromatic N) is 2. The maximum absolute atomic E-state index is 10.4. The maximum atomic E-state index is 10.4. The molecule has 0 amide bonds. The Bertz CT molecular complexity index is 314. The smallest absolute Gasteiger partial charge is 0.304 e. The number of carbonyl (C=O) groups is 1. The Morgan fingerprint density at radius 3 is 2.67 bits per heavy atom. The van der Waals surface area contributed by atoms with E-state index in [0.29, 0.717) is 6.54 Å². The van der Waals surface area contributed by atoms with E-state index in [4.69, 9.17) is 5.11 Å². The van der Waals surface area contributed by atoms with Crippen LogP contribution in [0.5, 0.6) is 0 Å². The van der Waals surface area contributed by atoms with E-state index >= 15 is 0 Å². The van der Waals surface area contributed by atoms with Crippen LogP contribution in [0, 0.1) is 0 Å². The average Bonchev–Trinajstić information content (AvgIpc) is 2.26. The van der Waals surface area contributed by atoms with Crippen LogP contribution in [0.3, 0.4) is 0 Å². The molecule has 0 aliphatic heterocycles. The van der Waals surface area contributed by atoms with Crippen LogP contribution in [0.25, 0.3) is 0 Å². The van der Waals surface area contributed by atoms with Crippen LogP contribution < -0.4 is 0 Å². The predicted molar refractivity (Wildman–Crippen MR) is 57.5 cm³/mol. The molecule has 1 N–H and O–H groups in total. The number of aliphatic carboxylic acids is 1. The summed E-state index contributed by atoms with van der Waals surface area (Å²) >= 11 is 0. The van der Waals surface area contributed by atoms with Gasteiger partial charge in [0.05, 0.1) is 6.42 Å². The third-order valence-corrected chi connectivity index (χ3v) is 2.53. The van der Waals surface area contributed by atoms with E-state index in [1.165, 1.54) is 0 Å². The van der Waals surface area contributed by atoms with E-state index in [2.05, 4.69) is 11.9 Å². The summed E-state index contributed by atoms with van der Waals surface area (Å²) in [6.07, 6.45) is 3.67. The summed E-state index contributed by atoms with van der Waals surface area (Å²) in [7, 11) is 1.92. The highest BCUT2D eigenvalue weighted by atomic mass is 16.4. The molecule has 0 aliphatic rings. The van der Waals surface area contributed by atoms with Gasteiger partial charge in [-0.25, -0.2) is 0 Å². The van der Waals surface area contributed by atoms with Gasteiger partial charge in [-0.3, -0.25) is 14.7 Å². The van der Waals surface area contributed by atoms with Crippen LogP contribution in [0.2, 0.25) is 0 Å². The second kappa shape index (κ2) is 5.46. The number of carboxylic acid groups (broad SMARTS) is 1. The number of rotatable bonds is 5. The minimum absolute atomic E-state index is 0.173. The van der Waals surface area contributed by atoms with Gasteiger partial charge in [-0.15, -0.1) is 0 Å². The van der Waals surface area contributed by atoms with Crippen molar-refractivity contribution in [3.63, 3.8) is 0 Å². The largest absolute Gasteiger partial charge is 0.481 e. The zero-order valence-electron chi connectivity index (χ0n) is 9.05. The molecule has 0 aliphatic carbocycles. The second-order valence-corrected chi connectivity index (χ2v) is 3.58. The molecule has 15 heavy (non-hydrogen) atoms. The molecule has 1 heterocycles. The second-order valence-electron chi connectivity index (χ2n) is 3.58. The summed E-state index contributed by atoms with van der Waals surface area (Å²) < 4.78 is 0. The Hall–Kier alpha value is -1.42. The molecule has 1 unspecified atom stereocenters. The molecule has 1 rings (SSSR count). The molecule has 0 saturated heterocycles. The molecule has 1 aromatic rings. The number of pyridine rings is 1. The quantitative estimate of drug-likeness (QED) is 0.797. The molecule has 1 atom stereocenters. The average molecular weight is 208 g/mol. The molecule has 0 fully saturated rings. The zero-order valence-corrected chi connectivity index (χ0v) is 9.05. The third-order valence-electron chi connectivity index (χ3n) is 2.53. The number of hydrogen-bond donors (Lipinski definition) is 1. The molecule has 0 aromatic carbocycles. The molecule has 4 nitrogen and oxygen atoms in total. The standard InChI is InChI=1S/C11H16N2O2/c1-9(10-3-6-12-7-4-10)13(2)8-5-11(14)15/h3-4,6-7,9H,5,8H2,1-2H3,(H,14,15). The van der Waals surface area contributed by atoms with Crippen molar-refractivity contribution in [3.8, 4) is 0 Å². The Labute approximate surface area is 89.6 Å². The fourth-order valence-corrected chi connectivity index (χ4v) is 1.36. The number of carboxylic acids is 1. The zero-order chi connectivity index (χ0) is 11.3. The number of hydrogen-bond acceptors (Lipinski definition) is 3. The van der Waals surface area contributed by atoms with Crippen LogP contribution in [-0.4, -0.2) is 34.6 Å². The van der Waals surface area contributed by atoms with Crippen molar-refractivity contribution in [3.05, 3.63) is 30.1 Å². The van der Waals surface area contributed by atoms with E-state index < -0.39 is 5.97 Å². The lowest BCUT2D eigenvalue weighted by Gasteiger charge is -2.24. The first-order chi connectivity index (χ1) is 7.11. The van der Waals surface area contributed by atoms with E-state index in [9.17, 15) is 4.79 Å². The molecule has 82 valence electrons. The van der Waals surface area contributed by atoms with Crippen molar-refractivity contribution in [2.45, 2.75) is 19.4 Å². The lowest BCUT2D eigenvalue weighted by molar-refractivity contribution is -0.137. The maximum Gasteiger partial charge on any atom is 0.304 e. The van der Waals surface area contributed by atoms with Crippen molar-refractivity contribution >= 4 is 5.97 Å². The van der Waals surface area contributed by atoms with Crippen LogP contribution in [-0.2, 0) is 4.79 Å². The normalized spacial score (nSPS) is 12.7. The molecular formula is C11H16N2O2. The topological polar surface area (TPSA) is 53.4 Å². The Morgan fingerprint density at radius 1 is 1.53 bits per heavy atom. The van der Waals surface area contributed by atoms with Gasteiger partial charge in [0.2, 0.25) is 0 Å². The summed E-state index contributed by atoms with van der Waals surface area (Å²) in [5.74, 6) is -0.760. The Morgan fingerprint density at radius 2 is 2.13 bits per heavy atom. The van der Waals surface area contributed by atoms with Gasteiger partial charge < -0.3 is 5.11 Å². The van der Waals surface area contributed by atoms with Crippen molar-refractivity contribution in [2.75, 3.05) is 13.6 Å². The van der Waals surface area contributed by atoms with Gasteiger partial charge in [-0.1, -0.05) is 0 Å². The number of aromatic nitrogens is 1. The molecule has 0 radical (unpaired) electrons. The molecule has 0 bridgehead atoms. The third kappa shape index (κ3) is 3.67. The van der Waals surface area contributed by atoms with Gasteiger partial charge in [-0.2, -0.15) is 0 Å². The summed E-state index contributed by atoms with van der Waals surface area (Å²) in [6.45, 7) is 2.61. The van der Waals surface area contributed by atoms with Gasteiger partial charge in [0.25, 0.3) is 0 Å². The fraction of sp³-hybridized carbons (Fsp3) is 0.455. The minimum Gasteiger partial charge on any atom is -0.481 e. The van der Waals surface area contributed by atoms with Crippen molar-refractivity contribution in [1.82, 2.24) is 9.88 Å². The van der Waals surface area contributed by atoms with Gasteiger partial charge in [0.1, 0.15) is 0 Å². The first-order valence-electron chi connectivity index (χ1n) is 4.93. The summed E-state index contributed by atoms with van der Waals surface area (Å²) in [5, 5.41) is 8.58. The van der Waals surface area contributed by atoms with Crippen LogP contribution in [0.4, 0.5) is 0 Å². The van der Waals surface area contributed by atoms with Gasteiger partial charge >= 0.3 is 5.97 Å². The Balaban J connectivity index is 2.53. The Kier molecular flexibility index (Phi) is 4.24. The molecule has 4 heteroatoms. The van der Waals surface area contributed by atoms with Crippen LogP contribution in [0.1, 0.15) is 24.9 Å². The SMILES string of the molecule is CC(c1ccncc1)N(C)CCC(=O)O. The summed E-state index contributed by atoms with van der Waals surface area (Å²) in [6, 6.07) is 4.11. The lowest BCUT2D eigenvalue weighted by Crippen LogP contribution is -2.25. The molecule has 0 spiro atoms. The van der Waals surface area contributed by atoms with E-state index in [1.54, 1.807) is 12.4 Å². The fourth-order valence-electron chi connectivity index (χ4n) is 1.36. The van der Waals surface area contributed by atoms with Crippen molar-refractivity contribution in [1.29, 1.82) is 0 Å². The molecule has 0 saturated carbocycles. The van der Waals surface area contributed by atoms with Gasteiger partial charge in [-0.05, 0) is 31.7 Å². The first-order valence-corrected chi connectivity index (χ1v) is 4.93. The monoisotopic (exact) mass is 208 g/mol.